The molecule has 0 radical (unpaired) electrons. The molecular formula is C22H26ClN3O5S. The second kappa shape index (κ2) is 11.8. The maximum absolute atomic E-state index is 12.9. The first kappa shape index (κ1) is 25.6. The molecule has 2 rings (SSSR count). The zero-order valence-electron chi connectivity index (χ0n) is 18.4. The number of methoxy groups -OCH3 is 1. The summed E-state index contributed by atoms with van der Waals surface area (Å²) in [6.45, 7) is 7.11. The van der Waals surface area contributed by atoms with Gasteiger partial charge in [-0.25, -0.2) is 0 Å². The lowest BCUT2D eigenvalue weighted by Gasteiger charge is -2.31. The molecule has 10 heteroatoms. The highest BCUT2D eigenvalue weighted by Crippen LogP contribution is 2.42. The number of hydrogen-bond donors (Lipinski definition) is 1. The summed E-state index contributed by atoms with van der Waals surface area (Å²) in [7, 11) is 1.18. The third-order valence-electron chi connectivity index (χ3n) is 5.05. The highest BCUT2D eigenvalue weighted by atomic mass is 35.5. The second-order valence-electron chi connectivity index (χ2n) is 6.80. The third-order valence-corrected chi connectivity index (χ3v) is 6.35. The van der Waals surface area contributed by atoms with E-state index >= 15 is 0 Å². The Morgan fingerprint density at radius 2 is 1.97 bits per heavy atom. The molecule has 0 fully saturated rings. The van der Waals surface area contributed by atoms with Crippen LogP contribution in [0.15, 0.2) is 28.8 Å². The lowest BCUT2D eigenvalue weighted by molar-refractivity contribution is -0.150. The molecule has 1 aromatic carbocycles. The van der Waals surface area contributed by atoms with Gasteiger partial charge in [0.25, 0.3) is 0 Å². The summed E-state index contributed by atoms with van der Waals surface area (Å²) in [4.78, 5) is 39.4. The predicted molar refractivity (Wildman–Crippen MR) is 122 cm³/mol. The molecule has 0 spiro atoms. The van der Waals surface area contributed by atoms with Crippen LogP contribution in [0.4, 0.5) is 0 Å². The highest BCUT2D eigenvalue weighted by molar-refractivity contribution is 8.03. The van der Waals surface area contributed by atoms with Crippen molar-refractivity contribution in [2.24, 2.45) is 5.92 Å². The minimum atomic E-state index is -1.27. The van der Waals surface area contributed by atoms with Gasteiger partial charge in [-0.05, 0) is 38.5 Å². The molecule has 1 heterocycles. The number of hydrogen-bond acceptors (Lipinski definition) is 7. The molecule has 1 aromatic rings. The number of nitrogens with one attached hydrogen (secondary N) is 1. The van der Waals surface area contributed by atoms with Crippen LogP contribution in [0.1, 0.15) is 32.3 Å². The number of ether oxygens (including phenoxy) is 2. The van der Waals surface area contributed by atoms with Crippen LogP contribution in [0.3, 0.4) is 0 Å². The quantitative estimate of drug-likeness (QED) is 0.428. The van der Waals surface area contributed by atoms with Gasteiger partial charge in [0.05, 0.1) is 41.2 Å². The molecule has 0 aliphatic carbocycles. The van der Waals surface area contributed by atoms with E-state index in [1.54, 1.807) is 23.1 Å². The fourth-order valence-corrected chi connectivity index (χ4v) is 4.66. The monoisotopic (exact) mass is 479 g/mol. The molecule has 0 unspecified atom stereocenters. The summed E-state index contributed by atoms with van der Waals surface area (Å²) < 4.78 is 10.3. The Labute approximate surface area is 196 Å². The average molecular weight is 480 g/mol. The predicted octanol–water partition coefficient (Wildman–Crippen LogP) is 3.08. The number of nitriles is 1. The molecule has 172 valence electrons. The van der Waals surface area contributed by atoms with E-state index in [1.807, 2.05) is 20.8 Å². The Hall–Kier alpha value is -2.70. The zero-order valence-corrected chi connectivity index (χ0v) is 20.0. The Bertz CT molecular complexity index is 955. The number of rotatable bonds is 9. The van der Waals surface area contributed by atoms with Crippen molar-refractivity contribution >= 4 is 41.1 Å². The highest BCUT2D eigenvalue weighted by Gasteiger charge is 2.44. The van der Waals surface area contributed by atoms with E-state index < -0.39 is 23.7 Å². The van der Waals surface area contributed by atoms with E-state index in [2.05, 4.69) is 11.4 Å². The van der Waals surface area contributed by atoms with Crippen LogP contribution in [-0.4, -0.2) is 55.2 Å². The number of amides is 2. The average Bonchev–Trinajstić information content (AvgIpc) is 2.78. The van der Waals surface area contributed by atoms with E-state index in [1.165, 1.54) is 7.11 Å². The summed E-state index contributed by atoms with van der Waals surface area (Å²) in [6.07, 6.45) is 0. The molecule has 1 aliphatic heterocycles. The van der Waals surface area contributed by atoms with Gasteiger partial charge in [0.2, 0.25) is 11.8 Å². The van der Waals surface area contributed by atoms with Crippen molar-refractivity contribution in [2.45, 2.75) is 26.7 Å². The molecule has 8 nitrogen and oxygen atoms in total. The van der Waals surface area contributed by atoms with Crippen LogP contribution in [0, 0.1) is 17.2 Å². The Morgan fingerprint density at radius 1 is 1.28 bits per heavy atom. The third kappa shape index (κ3) is 5.56. The summed E-state index contributed by atoms with van der Waals surface area (Å²) in [6, 6.07) is 6.98. The SMILES string of the molecule is CCOc1ccc([C@@H]2C(C#N)=C(SCC(=O)N(CC)CC)NC(=O)[C@H]2C(=O)OC)cc1Cl. The van der Waals surface area contributed by atoms with E-state index in [4.69, 9.17) is 21.1 Å². The van der Waals surface area contributed by atoms with Gasteiger partial charge in [0, 0.05) is 19.0 Å². The van der Waals surface area contributed by atoms with Gasteiger partial charge in [-0.1, -0.05) is 29.4 Å². The van der Waals surface area contributed by atoms with Gasteiger partial charge in [-0.15, -0.1) is 0 Å². The number of nitrogens with zero attached hydrogens (tertiary/aromatic N) is 2. The van der Waals surface area contributed by atoms with Gasteiger partial charge in [-0.2, -0.15) is 5.26 Å². The molecule has 0 bridgehead atoms. The standard InChI is InChI=1S/C22H26ClN3O5S/c1-5-26(6-2)17(27)12-32-21-14(11-24)18(19(20(28)25-21)22(29)30-4)13-8-9-16(31-7-3)15(23)10-13/h8-10,18-19H,5-7,12H2,1-4H3,(H,25,28)/t18-,19+/m1/s1. The van der Waals surface area contributed by atoms with Crippen molar-refractivity contribution in [2.75, 3.05) is 32.6 Å². The Kier molecular flexibility index (Phi) is 9.42. The van der Waals surface area contributed by atoms with E-state index in [0.29, 0.717) is 36.0 Å². The first-order chi connectivity index (χ1) is 15.3. The largest absolute Gasteiger partial charge is 0.492 e. The molecular weight excluding hydrogens is 454 g/mol. The second-order valence-corrected chi connectivity index (χ2v) is 8.19. The lowest BCUT2D eigenvalue weighted by atomic mass is 9.78. The maximum Gasteiger partial charge on any atom is 0.319 e. The van der Waals surface area contributed by atoms with E-state index in [0.717, 1.165) is 11.8 Å². The Balaban J connectivity index is 2.51. The minimum Gasteiger partial charge on any atom is -0.492 e. The zero-order chi connectivity index (χ0) is 23.8. The maximum atomic E-state index is 12.9. The fourth-order valence-electron chi connectivity index (χ4n) is 3.46. The van der Waals surface area contributed by atoms with Crippen LogP contribution >= 0.6 is 23.4 Å². The molecule has 1 N–H and O–H groups in total. The van der Waals surface area contributed by atoms with E-state index in [-0.39, 0.29) is 22.3 Å². The van der Waals surface area contributed by atoms with Crippen molar-refractivity contribution in [1.29, 1.82) is 5.26 Å². The van der Waals surface area contributed by atoms with Crippen LogP contribution in [0.5, 0.6) is 5.75 Å². The van der Waals surface area contributed by atoms with Crippen molar-refractivity contribution in [1.82, 2.24) is 10.2 Å². The van der Waals surface area contributed by atoms with Gasteiger partial charge in [0.1, 0.15) is 11.7 Å². The normalized spacial score (nSPS) is 17.9. The molecule has 0 aromatic heterocycles. The summed E-state index contributed by atoms with van der Waals surface area (Å²) in [5.74, 6) is -3.18. The summed E-state index contributed by atoms with van der Waals surface area (Å²) >= 11 is 7.39. The van der Waals surface area contributed by atoms with Crippen molar-refractivity contribution in [3.63, 3.8) is 0 Å². The number of benzene rings is 1. The summed E-state index contributed by atoms with van der Waals surface area (Å²) in [5, 5.41) is 13.1. The lowest BCUT2D eigenvalue weighted by Crippen LogP contribution is -2.44. The number of esters is 1. The van der Waals surface area contributed by atoms with Gasteiger partial charge in [0.15, 0.2) is 0 Å². The first-order valence-electron chi connectivity index (χ1n) is 10.2. The Morgan fingerprint density at radius 3 is 2.50 bits per heavy atom. The topological polar surface area (TPSA) is 109 Å². The molecule has 32 heavy (non-hydrogen) atoms. The van der Waals surface area contributed by atoms with Crippen molar-refractivity contribution in [3.8, 4) is 11.8 Å². The van der Waals surface area contributed by atoms with Crippen molar-refractivity contribution < 1.29 is 23.9 Å². The number of thioether (sulfide) groups is 1. The molecule has 1 aliphatic rings. The molecule has 0 saturated carbocycles. The van der Waals surface area contributed by atoms with E-state index in [9.17, 15) is 19.6 Å². The number of carbonyl (C=O) groups excluding carboxylic acids is 3. The van der Waals surface area contributed by atoms with Crippen LogP contribution in [0.25, 0.3) is 0 Å². The number of carbonyl (C=O) groups is 3. The number of allylic oxidation sites excluding steroid dienone is 1. The smallest absolute Gasteiger partial charge is 0.319 e. The van der Waals surface area contributed by atoms with Gasteiger partial charge in [-0.3, -0.25) is 14.4 Å². The first-order valence-corrected chi connectivity index (χ1v) is 11.5. The summed E-state index contributed by atoms with van der Waals surface area (Å²) in [5.41, 5.74) is 0.658. The molecule has 2 atom stereocenters. The molecule has 2 amide bonds. The fraction of sp³-hybridized carbons (Fsp3) is 0.455. The van der Waals surface area contributed by atoms with Crippen LogP contribution in [-0.2, 0) is 19.1 Å². The molecule has 0 saturated heterocycles. The van der Waals surface area contributed by atoms with Gasteiger partial charge < -0.3 is 19.7 Å². The minimum absolute atomic E-state index is 0.0438. The van der Waals surface area contributed by atoms with Crippen LogP contribution in [0.2, 0.25) is 5.02 Å². The van der Waals surface area contributed by atoms with Gasteiger partial charge >= 0.3 is 5.97 Å². The number of halogens is 1. The van der Waals surface area contributed by atoms with Crippen LogP contribution < -0.4 is 10.1 Å². The van der Waals surface area contributed by atoms with Crippen molar-refractivity contribution in [3.05, 3.63) is 39.4 Å².